The lowest BCUT2D eigenvalue weighted by molar-refractivity contribution is 0.191. The van der Waals surface area contributed by atoms with Crippen molar-refractivity contribution >= 4 is 16.9 Å². The Labute approximate surface area is 122 Å². The topological polar surface area (TPSA) is 75.9 Å². The fourth-order valence-corrected chi connectivity index (χ4v) is 2.35. The van der Waals surface area contributed by atoms with Crippen LogP contribution in [0.25, 0.3) is 11.0 Å². The Morgan fingerprint density at radius 1 is 1.29 bits per heavy atom. The Kier molecular flexibility index (Phi) is 3.53. The third-order valence-corrected chi connectivity index (χ3v) is 3.44. The number of aliphatic hydroxyl groups is 1. The molecule has 1 aromatic carbocycles. The number of nitrogens with zero attached hydrogens (tertiary/aromatic N) is 4. The molecule has 0 saturated carbocycles. The minimum Gasteiger partial charge on any atom is -0.387 e. The standard InChI is InChI=1S/C15H17N5O/c1-10-5-3-4-6-11(10)13(21)7-16-14-12-8-20(2)19-15(12)18-9-17-14/h3-6,8-9,13,21H,7H2,1-2H3,(H,16,17,18,19). The van der Waals surface area contributed by atoms with Gasteiger partial charge in [0.05, 0.1) is 11.5 Å². The molecule has 0 saturated heterocycles. The quantitative estimate of drug-likeness (QED) is 0.764. The van der Waals surface area contributed by atoms with Crippen LogP contribution in [0.2, 0.25) is 0 Å². The molecule has 1 atom stereocenters. The average Bonchev–Trinajstić information content (AvgIpc) is 2.86. The summed E-state index contributed by atoms with van der Waals surface area (Å²) in [6.07, 6.45) is 2.74. The number of aryl methyl sites for hydroxylation is 2. The fourth-order valence-electron chi connectivity index (χ4n) is 2.35. The summed E-state index contributed by atoms with van der Waals surface area (Å²) in [7, 11) is 1.84. The van der Waals surface area contributed by atoms with Gasteiger partial charge in [-0.05, 0) is 18.1 Å². The van der Waals surface area contributed by atoms with E-state index in [-0.39, 0.29) is 0 Å². The number of anilines is 1. The molecule has 21 heavy (non-hydrogen) atoms. The lowest BCUT2D eigenvalue weighted by atomic mass is 10.0. The van der Waals surface area contributed by atoms with E-state index in [1.54, 1.807) is 4.68 Å². The Morgan fingerprint density at radius 2 is 2.10 bits per heavy atom. The van der Waals surface area contributed by atoms with Gasteiger partial charge in [-0.1, -0.05) is 24.3 Å². The van der Waals surface area contributed by atoms with Crippen molar-refractivity contribution in [3.63, 3.8) is 0 Å². The summed E-state index contributed by atoms with van der Waals surface area (Å²) in [4.78, 5) is 8.34. The summed E-state index contributed by atoms with van der Waals surface area (Å²) in [5.41, 5.74) is 2.63. The van der Waals surface area contributed by atoms with Crippen molar-refractivity contribution in [3.05, 3.63) is 47.9 Å². The molecule has 0 fully saturated rings. The number of fused-ring (bicyclic) bond motifs is 1. The molecule has 1 unspecified atom stereocenters. The van der Waals surface area contributed by atoms with E-state index in [1.165, 1.54) is 6.33 Å². The highest BCUT2D eigenvalue weighted by Crippen LogP contribution is 2.20. The molecule has 2 aromatic heterocycles. The van der Waals surface area contributed by atoms with Gasteiger partial charge in [-0.15, -0.1) is 0 Å². The molecule has 0 aliphatic heterocycles. The maximum atomic E-state index is 10.3. The van der Waals surface area contributed by atoms with Crippen LogP contribution in [0.3, 0.4) is 0 Å². The van der Waals surface area contributed by atoms with Gasteiger partial charge < -0.3 is 10.4 Å². The lowest BCUT2D eigenvalue weighted by Gasteiger charge is -2.15. The third-order valence-electron chi connectivity index (χ3n) is 3.44. The second-order valence-electron chi connectivity index (χ2n) is 5.02. The number of hydrogen-bond acceptors (Lipinski definition) is 5. The van der Waals surface area contributed by atoms with Gasteiger partial charge in [-0.3, -0.25) is 4.68 Å². The van der Waals surface area contributed by atoms with Gasteiger partial charge in [0.25, 0.3) is 0 Å². The maximum absolute atomic E-state index is 10.3. The molecule has 0 radical (unpaired) electrons. The van der Waals surface area contributed by atoms with Gasteiger partial charge in [-0.2, -0.15) is 5.10 Å². The van der Waals surface area contributed by atoms with E-state index in [9.17, 15) is 5.11 Å². The maximum Gasteiger partial charge on any atom is 0.186 e. The van der Waals surface area contributed by atoms with E-state index >= 15 is 0 Å². The van der Waals surface area contributed by atoms with Gasteiger partial charge in [-0.25, -0.2) is 9.97 Å². The molecule has 2 N–H and O–H groups in total. The van der Waals surface area contributed by atoms with Crippen LogP contribution in [-0.4, -0.2) is 31.4 Å². The van der Waals surface area contributed by atoms with Crippen LogP contribution < -0.4 is 5.32 Å². The molecule has 2 heterocycles. The number of benzene rings is 1. The second kappa shape index (κ2) is 5.49. The number of aromatic nitrogens is 4. The highest BCUT2D eigenvalue weighted by Gasteiger charge is 2.12. The number of aliphatic hydroxyl groups excluding tert-OH is 1. The van der Waals surface area contributed by atoms with Crippen molar-refractivity contribution in [1.29, 1.82) is 0 Å². The largest absolute Gasteiger partial charge is 0.387 e. The van der Waals surface area contributed by atoms with Crippen LogP contribution in [0.15, 0.2) is 36.8 Å². The summed E-state index contributed by atoms with van der Waals surface area (Å²) in [5, 5.41) is 18.6. The molecule has 108 valence electrons. The van der Waals surface area contributed by atoms with Crippen LogP contribution in [0.4, 0.5) is 5.82 Å². The lowest BCUT2D eigenvalue weighted by Crippen LogP contribution is -2.14. The molecule has 6 heteroatoms. The molecular weight excluding hydrogens is 266 g/mol. The smallest absolute Gasteiger partial charge is 0.186 e. The fraction of sp³-hybridized carbons (Fsp3) is 0.267. The summed E-state index contributed by atoms with van der Waals surface area (Å²) < 4.78 is 1.70. The highest BCUT2D eigenvalue weighted by atomic mass is 16.3. The second-order valence-corrected chi connectivity index (χ2v) is 5.02. The zero-order valence-electron chi connectivity index (χ0n) is 12.0. The summed E-state index contributed by atoms with van der Waals surface area (Å²) in [6, 6.07) is 7.81. The molecule has 0 spiro atoms. The van der Waals surface area contributed by atoms with Crippen LogP contribution in [-0.2, 0) is 7.05 Å². The predicted octanol–water partition coefficient (Wildman–Crippen LogP) is 1.82. The van der Waals surface area contributed by atoms with E-state index in [0.29, 0.717) is 18.0 Å². The first kappa shape index (κ1) is 13.5. The first-order valence-corrected chi connectivity index (χ1v) is 6.77. The molecule has 3 rings (SSSR count). The van der Waals surface area contributed by atoms with E-state index in [4.69, 9.17) is 0 Å². The van der Waals surface area contributed by atoms with Crippen LogP contribution in [0, 0.1) is 6.92 Å². The first-order chi connectivity index (χ1) is 10.1. The van der Waals surface area contributed by atoms with Crippen molar-refractivity contribution in [1.82, 2.24) is 19.7 Å². The van der Waals surface area contributed by atoms with Crippen LogP contribution >= 0.6 is 0 Å². The minimum absolute atomic E-state index is 0.381. The summed E-state index contributed by atoms with van der Waals surface area (Å²) in [6.45, 7) is 2.37. The Balaban J connectivity index is 1.79. The van der Waals surface area contributed by atoms with E-state index in [2.05, 4.69) is 20.4 Å². The molecule has 3 aromatic rings. The van der Waals surface area contributed by atoms with Gasteiger partial charge in [0.1, 0.15) is 12.1 Å². The zero-order chi connectivity index (χ0) is 14.8. The van der Waals surface area contributed by atoms with Crippen LogP contribution in [0.1, 0.15) is 17.2 Å². The molecule has 6 nitrogen and oxygen atoms in total. The SMILES string of the molecule is Cc1ccccc1C(O)CNc1ncnc2nn(C)cc12. The van der Waals surface area contributed by atoms with E-state index in [0.717, 1.165) is 16.5 Å². The van der Waals surface area contributed by atoms with Crippen molar-refractivity contribution in [2.45, 2.75) is 13.0 Å². The monoisotopic (exact) mass is 283 g/mol. The van der Waals surface area contributed by atoms with Crippen LogP contribution in [0.5, 0.6) is 0 Å². The zero-order valence-corrected chi connectivity index (χ0v) is 12.0. The van der Waals surface area contributed by atoms with Crippen molar-refractivity contribution in [2.75, 3.05) is 11.9 Å². The predicted molar refractivity (Wildman–Crippen MR) is 80.9 cm³/mol. The van der Waals surface area contributed by atoms with E-state index in [1.807, 2.05) is 44.4 Å². The van der Waals surface area contributed by atoms with Crippen molar-refractivity contribution < 1.29 is 5.11 Å². The summed E-state index contributed by atoms with van der Waals surface area (Å²) in [5.74, 6) is 0.681. The molecule has 0 amide bonds. The van der Waals surface area contributed by atoms with E-state index < -0.39 is 6.10 Å². The van der Waals surface area contributed by atoms with Gasteiger partial charge >= 0.3 is 0 Å². The average molecular weight is 283 g/mol. The Hall–Kier alpha value is -2.47. The normalized spacial score (nSPS) is 12.5. The molecular formula is C15H17N5O. The first-order valence-electron chi connectivity index (χ1n) is 6.77. The third kappa shape index (κ3) is 2.71. The minimum atomic E-state index is -0.590. The highest BCUT2D eigenvalue weighted by molar-refractivity contribution is 5.85. The van der Waals surface area contributed by atoms with Crippen molar-refractivity contribution in [2.24, 2.45) is 7.05 Å². The molecule has 0 bridgehead atoms. The number of hydrogen-bond donors (Lipinski definition) is 2. The summed E-state index contributed by atoms with van der Waals surface area (Å²) >= 11 is 0. The number of rotatable bonds is 4. The van der Waals surface area contributed by atoms with Gasteiger partial charge in [0.2, 0.25) is 0 Å². The van der Waals surface area contributed by atoms with Gasteiger partial charge in [0.15, 0.2) is 5.65 Å². The van der Waals surface area contributed by atoms with Crippen molar-refractivity contribution in [3.8, 4) is 0 Å². The van der Waals surface area contributed by atoms with Gasteiger partial charge in [0, 0.05) is 19.8 Å². The number of nitrogens with one attached hydrogen (secondary N) is 1. The Morgan fingerprint density at radius 3 is 2.90 bits per heavy atom. The Bertz CT molecular complexity index is 768. The molecule has 0 aliphatic carbocycles. The molecule has 0 aliphatic rings.